The number of carbonyl (C=O) groups is 2. The lowest BCUT2D eigenvalue weighted by molar-refractivity contribution is -0.137. The predicted octanol–water partition coefficient (Wildman–Crippen LogP) is 2.09. The van der Waals surface area contributed by atoms with Crippen LogP contribution in [0.1, 0.15) is 25.8 Å². The Hall–Kier alpha value is -2.50. The Labute approximate surface area is 143 Å². The molecule has 2 amide bonds. The summed E-state index contributed by atoms with van der Waals surface area (Å²) < 4.78 is 10.9. The molecule has 0 saturated carbocycles. The van der Waals surface area contributed by atoms with Gasteiger partial charge < -0.3 is 19.7 Å². The molecule has 6 nitrogen and oxygen atoms in total. The summed E-state index contributed by atoms with van der Waals surface area (Å²) in [7, 11) is 3.10. The highest BCUT2D eigenvalue weighted by Crippen LogP contribution is 2.28. The number of allylic oxidation sites excluding steroid dienone is 1. The van der Waals surface area contributed by atoms with Crippen LogP contribution in [0.25, 0.3) is 6.08 Å². The number of hydrogen-bond donors (Lipinski definition) is 1. The molecule has 0 heterocycles. The normalized spacial score (nSPS) is 10.5. The molecule has 24 heavy (non-hydrogen) atoms. The van der Waals surface area contributed by atoms with E-state index in [1.807, 2.05) is 38.1 Å². The number of likely N-dealkylation sites (N-methyl/N-ethyl adjacent to an activating group) is 1. The van der Waals surface area contributed by atoms with Gasteiger partial charge in [0.15, 0.2) is 18.1 Å². The van der Waals surface area contributed by atoms with Crippen LogP contribution in [-0.4, -0.2) is 50.6 Å². The number of methoxy groups -OCH3 is 1. The molecular formula is C18H26N2O4. The zero-order valence-corrected chi connectivity index (χ0v) is 14.8. The van der Waals surface area contributed by atoms with Gasteiger partial charge in [-0.1, -0.05) is 25.1 Å². The van der Waals surface area contributed by atoms with Crippen LogP contribution in [0.15, 0.2) is 24.3 Å². The van der Waals surface area contributed by atoms with Crippen LogP contribution >= 0.6 is 0 Å². The van der Waals surface area contributed by atoms with Crippen LogP contribution < -0.4 is 14.8 Å². The van der Waals surface area contributed by atoms with E-state index >= 15 is 0 Å². The van der Waals surface area contributed by atoms with E-state index in [4.69, 9.17) is 9.47 Å². The molecule has 0 aliphatic heterocycles. The smallest absolute Gasteiger partial charge is 0.260 e. The van der Waals surface area contributed by atoms with Crippen molar-refractivity contribution in [2.75, 3.05) is 33.9 Å². The summed E-state index contributed by atoms with van der Waals surface area (Å²) in [4.78, 5) is 25.3. The van der Waals surface area contributed by atoms with Gasteiger partial charge in [0.05, 0.1) is 13.7 Å². The summed E-state index contributed by atoms with van der Waals surface area (Å²) in [6, 6.07) is 5.50. The molecule has 0 radical (unpaired) electrons. The summed E-state index contributed by atoms with van der Waals surface area (Å²) in [6.45, 7) is 4.28. The molecule has 1 rings (SSSR count). The average molecular weight is 334 g/mol. The zero-order chi connectivity index (χ0) is 17.9. The second-order valence-electron chi connectivity index (χ2n) is 5.19. The molecule has 0 aliphatic carbocycles. The fourth-order valence-corrected chi connectivity index (χ4v) is 2.14. The van der Waals surface area contributed by atoms with Crippen molar-refractivity contribution in [1.29, 1.82) is 0 Å². The minimum absolute atomic E-state index is 0.0316. The van der Waals surface area contributed by atoms with Crippen molar-refractivity contribution < 1.29 is 19.1 Å². The molecule has 0 bridgehead atoms. The van der Waals surface area contributed by atoms with Gasteiger partial charge in [0, 0.05) is 13.6 Å². The van der Waals surface area contributed by atoms with Gasteiger partial charge in [-0.2, -0.15) is 0 Å². The van der Waals surface area contributed by atoms with E-state index in [9.17, 15) is 9.59 Å². The molecule has 132 valence electrons. The number of nitrogens with zero attached hydrogens (tertiary/aromatic N) is 1. The number of carbonyl (C=O) groups excluding carboxylic acids is 2. The third-order valence-electron chi connectivity index (χ3n) is 3.36. The summed E-state index contributed by atoms with van der Waals surface area (Å²) in [5.41, 5.74) is 0.986. The third kappa shape index (κ3) is 5.95. The van der Waals surface area contributed by atoms with Crippen molar-refractivity contribution in [3.05, 3.63) is 29.8 Å². The Bertz CT molecular complexity index is 584. The Morgan fingerprint density at radius 1 is 1.29 bits per heavy atom. The Morgan fingerprint density at radius 3 is 2.62 bits per heavy atom. The highest BCUT2D eigenvalue weighted by Gasteiger charge is 2.17. The first kappa shape index (κ1) is 19.5. The number of ether oxygens (including phenoxy) is 2. The SMILES string of the molecule is CC=Cc1ccc(OCC(=O)N(CCC)CC(=O)NC)c(OC)c1. The van der Waals surface area contributed by atoms with Gasteiger partial charge in [-0.3, -0.25) is 9.59 Å². The summed E-state index contributed by atoms with van der Waals surface area (Å²) in [5.74, 6) is 0.618. The molecule has 0 spiro atoms. The van der Waals surface area contributed by atoms with Gasteiger partial charge in [-0.05, 0) is 31.0 Å². The molecule has 0 atom stereocenters. The Balaban J connectivity index is 2.75. The van der Waals surface area contributed by atoms with Crippen LogP contribution in [0.4, 0.5) is 0 Å². The van der Waals surface area contributed by atoms with Gasteiger partial charge >= 0.3 is 0 Å². The Kier molecular flexibility index (Phi) is 8.39. The van der Waals surface area contributed by atoms with Crippen molar-refractivity contribution in [2.45, 2.75) is 20.3 Å². The minimum Gasteiger partial charge on any atom is -0.493 e. The van der Waals surface area contributed by atoms with Gasteiger partial charge in [0.2, 0.25) is 5.91 Å². The maximum Gasteiger partial charge on any atom is 0.260 e. The molecule has 0 aliphatic rings. The van der Waals surface area contributed by atoms with E-state index in [0.717, 1.165) is 12.0 Å². The molecule has 1 aromatic rings. The lowest BCUT2D eigenvalue weighted by Gasteiger charge is -2.21. The quantitative estimate of drug-likeness (QED) is 0.751. The zero-order valence-electron chi connectivity index (χ0n) is 14.8. The third-order valence-corrected chi connectivity index (χ3v) is 3.36. The van der Waals surface area contributed by atoms with Crippen LogP contribution in [0.5, 0.6) is 11.5 Å². The second-order valence-corrected chi connectivity index (χ2v) is 5.19. The molecule has 1 aromatic carbocycles. The molecule has 6 heteroatoms. The number of nitrogens with one attached hydrogen (secondary N) is 1. The van der Waals surface area contributed by atoms with E-state index in [-0.39, 0.29) is 25.0 Å². The number of benzene rings is 1. The average Bonchev–Trinajstić information content (AvgIpc) is 2.59. The van der Waals surface area contributed by atoms with E-state index < -0.39 is 0 Å². The molecule has 0 aromatic heterocycles. The van der Waals surface area contributed by atoms with Gasteiger partial charge in [0.25, 0.3) is 5.91 Å². The van der Waals surface area contributed by atoms with Crippen LogP contribution in [-0.2, 0) is 9.59 Å². The van der Waals surface area contributed by atoms with Crippen molar-refractivity contribution in [1.82, 2.24) is 10.2 Å². The van der Waals surface area contributed by atoms with E-state index in [0.29, 0.717) is 18.0 Å². The second kappa shape index (κ2) is 10.3. The summed E-state index contributed by atoms with van der Waals surface area (Å²) >= 11 is 0. The Morgan fingerprint density at radius 2 is 2.04 bits per heavy atom. The van der Waals surface area contributed by atoms with Crippen LogP contribution in [0.3, 0.4) is 0 Å². The first-order valence-electron chi connectivity index (χ1n) is 7.97. The summed E-state index contributed by atoms with van der Waals surface area (Å²) in [6.07, 6.45) is 4.65. The molecular weight excluding hydrogens is 308 g/mol. The van der Waals surface area contributed by atoms with Gasteiger partial charge in [-0.15, -0.1) is 0 Å². The van der Waals surface area contributed by atoms with E-state index in [1.165, 1.54) is 4.90 Å². The maximum atomic E-state index is 12.3. The van der Waals surface area contributed by atoms with Gasteiger partial charge in [-0.25, -0.2) is 0 Å². The number of rotatable bonds is 9. The van der Waals surface area contributed by atoms with Crippen LogP contribution in [0.2, 0.25) is 0 Å². The van der Waals surface area contributed by atoms with E-state index in [2.05, 4.69) is 5.32 Å². The monoisotopic (exact) mass is 334 g/mol. The fourth-order valence-electron chi connectivity index (χ4n) is 2.14. The number of amides is 2. The fraction of sp³-hybridized carbons (Fsp3) is 0.444. The highest BCUT2D eigenvalue weighted by molar-refractivity contribution is 5.85. The maximum absolute atomic E-state index is 12.3. The van der Waals surface area contributed by atoms with E-state index in [1.54, 1.807) is 20.2 Å². The topological polar surface area (TPSA) is 67.9 Å². The van der Waals surface area contributed by atoms with Crippen LogP contribution in [0, 0.1) is 0 Å². The molecule has 0 unspecified atom stereocenters. The van der Waals surface area contributed by atoms with Gasteiger partial charge in [0.1, 0.15) is 0 Å². The highest BCUT2D eigenvalue weighted by atomic mass is 16.5. The lowest BCUT2D eigenvalue weighted by Crippen LogP contribution is -2.42. The molecule has 0 saturated heterocycles. The number of hydrogen-bond acceptors (Lipinski definition) is 4. The van der Waals surface area contributed by atoms with Crippen molar-refractivity contribution in [3.63, 3.8) is 0 Å². The minimum atomic E-state index is -0.236. The molecule has 1 N–H and O–H groups in total. The first-order valence-corrected chi connectivity index (χ1v) is 7.97. The van der Waals surface area contributed by atoms with Crippen molar-refractivity contribution in [2.24, 2.45) is 0 Å². The van der Waals surface area contributed by atoms with Crippen molar-refractivity contribution in [3.8, 4) is 11.5 Å². The summed E-state index contributed by atoms with van der Waals surface area (Å²) in [5, 5.41) is 2.52. The molecule has 0 fully saturated rings. The first-order chi connectivity index (χ1) is 11.5. The largest absolute Gasteiger partial charge is 0.493 e. The van der Waals surface area contributed by atoms with Crippen molar-refractivity contribution >= 4 is 17.9 Å². The standard InChI is InChI=1S/C18H26N2O4/c1-5-7-14-8-9-15(16(11-14)23-4)24-13-18(22)20(10-6-2)12-17(21)19-3/h5,7-9,11H,6,10,12-13H2,1-4H3,(H,19,21). The predicted molar refractivity (Wildman–Crippen MR) is 94.1 cm³/mol. The lowest BCUT2D eigenvalue weighted by atomic mass is 10.2.